The van der Waals surface area contributed by atoms with Crippen molar-refractivity contribution in [2.45, 2.75) is 11.3 Å². The number of aromatic carboxylic acids is 1. The second-order valence-corrected chi connectivity index (χ2v) is 6.40. The molecule has 2 aromatic rings. The summed E-state index contributed by atoms with van der Waals surface area (Å²) >= 11 is 1.55. The normalized spacial score (nSPS) is 12.3. The van der Waals surface area contributed by atoms with Crippen molar-refractivity contribution in [2.75, 3.05) is 5.75 Å². The third kappa shape index (κ3) is 3.48. The minimum absolute atomic E-state index is 0.0449. The molecule has 3 nitrogen and oxygen atoms in total. The van der Waals surface area contributed by atoms with E-state index in [-0.39, 0.29) is 16.2 Å². The predicted octanol–water partition coefficient (Wildman–Crippen LogP) is 2.94. The van der Waals surface area contributed by atoms with E-state index in [4.69, 9.17) is 5.11 Å². The highest BCUT2D eigenvalue weighted by molar-refractivity contribution is 7.85. The molecule has 0 saturated carbocycles. The van der Waals surface area contributed by atoms with Crippen LogP contribution in [0.25, 0.3) is 0 Å². The molecule has 1 aromatic heterocycles. The van der Waals surface area contributed by atoms with Crippen LogP contribution in [0, 0.1) is 5.82 Å². The molecule has 0 saturated heterocycles. The van der Waals surface area contributed by atoms with Crippen molar-refractivity contribution in [1.29, 1.82) is 0 Å². The molecular formula is C13H11FO3S2. The number of carboxylic acids is 1. The molecule has 0 spiro atoms. The quantitative estimate of drug-likeness (QED) is 0.923. The van der Waals surface area contributed by atoms with E-state index >= 15 is 0 Å². The summed E-state index contributed by atoms with van der Waals surface area (Å²) in [6, 6.07) is 7.17. The Morgan fingerprint density at radius 1 is 1.37 bits per heavy atom. The van der Waals surface area contributed by atoms with E-state index in [1.54, 1.807) is 11.3 Å². The van der Waals surface area contributed by atoms with Crippen molar-refractivity contribution >= 4 is 28.1 Å². The summed E-state index contributed by atoms with van der Waals surface area (Å²) in [7, 11) is -1.54. The molecule has 0 bridgehead atoms. The SMILES string of the molecule is O=C(O)c1ccc(F)c(S(=O)CCc2cccs2)c1. The molecule has 0 aliphatic carbocycles. The lowest BCUT2D eigenvalue weighted by Crippen LogP contribution is -2.05. The van der Waals surface area contributed by atoms with Crippen molar-refractivity contribution in [3.8, 4) is 0 Å². The van der Waals surface area contributed by atoms with E-state index in [1.165, 1.54) is 0 Å². The zero-order valence-electron chi connectivity index (χ0n) is 9.84. The van der Waals surface area contributed by atoms with E-state index in [0.29, 0.717) is 6.42 Å². The summed E-state index contributed by atoms with van der Waals surface area (Å²) in [6.07, 6.45) is 0.584. The molecule has 19 heavy (non-hydrogen) atoms. The minimum Gasteiger partial charge on any atom is -0.478 e. The summed E-state index contributed by atoms with van der Waals surface area (Å²) in [5, 5.41) is 10.8. The van der Waals surface area contributed by atoms with Crippen LogP contribution >= 0.6 is 11.3 Å². The molecule has 0 aliphatic heterocycles. The third-order valence-electron chi connectivity index (χ3n) is 2.54. The van der Waals surface area contributed by atoms with Gasteiger partial charge in [0, 0.05) is 10.6 Å². The fourth-order valence-corrected chi connectivity index (χ4v) is 3.58. The van der Waals surface area contributed by atoms with Crippen LogP contribution in [0.5, 0.6) is 0 Å². The summed E-state index contributed by atoms with van der Waals surface area (Å²) in [6.45, 7) is 0. The van der Waals surface area contributed by atoms with Crippen LogP contribution in [-0.2, 0) is 17.2 Å². The number of thiophene rings is 1. The van der Waals surface area contributed by atoms with E-state index in [2.05, 4.69) is 0 Å². The number of halogens is 1. The molecular weight excluding hydrogens is 287 g/mol. The molecule has 0 amide bonds. The maximum atomic E-state index is 13.6. The first-order chi connectivity index (χ1) is 9.08. The van der Waals surface area contributed by atoms with Gasteiger partial charge in [-0.05, 0) is 36.1 Å². The van der Waals surface area contributed by atoms with Crippen molar-refractivity contribution in [3.05, 3.63) is 52.0 Å². The Labute approximate surface area is 116 Å². The van der Waals surface area contributed by atoms with Crippen molar-refractivity contribution in [1.82, 2.24) is 0 Å². The third-order valence-corrected chi connectivity index (χ3v) is 4.85. The van der Waals surface area contributed by atoms with Gasteiger partial charge in [0.25, 0.3) is 0 Å². The Kier molecular flexibility index (Phi) is 4.44. The largest absolute Gasteiger partial charge is 0.478 e. The van der Waals surface area contributed by atoms with Crippen LogP contribution in [0.2, 0.25) is 0 Å². The topological polar surface area (TPSA) is 54.4 Å². The van der Waals surface area contributed by atoms with Gasteiger partial charge in [0.1, 0.15) is 5.82 Å². The van der Waals surface area contributed by atoms with Gasteiger partial charge in [-0.1, -0.05) is 6.07 Å². The molecule has 1 heterocycles. The van der Waals surface area contributed by atoms with Gasteiger partial charge in [-0.15, -0.1) is 11.3 Å². The number of aryl methyl sites for hydroxylation is 1. The number of hydrogen-bond acceptors (Lipinski definition) is 3. The Morgan fingerprint density at radius 3 is 2.79 bits per heavy atom. The highest BCUT2D eigenvalue weighted by Crippen LogP contribution is 2.17. The predicted molar refractivity (Wildman–Crippen MR) is 72.7 cm³/mol. The van der Waals surface area contributed by atoms with Crippen LogP contribution in [-0.4, -0.2) is 21.0 Å². The number of hydrogen-bond donors (Lipinski definition) is 1. The van der Waals surface area contributed by atoms with E-state index in [9.17, 15) is 13.4 Å². The maximum Gasteiger partial charge on any atom is 0.335 e. The van der Waals surface area contributed by atoms with Gasteiger partial charge < -0.3 is 5.11 Å². The number of benzene rings is 1. The van der Waals surface area contributed by atoms with Crippen LogP contribution in [0.15, 0.2) is 40.6 Å². The fraction of sp³-hybridized carbons (Fsp3) is 0.154. The second-order valence-electron chi connectivity index (χ2n) is 3.83. The minimum atomic E-state index is -1.54. The van der Waals surface area contributed by atoms with Gasteiger partial charge in [0.15, 0.2) is 0 Å². The Morgan fingerprint density at radius 2 is 2.16 bits per heavy atom. The standard InChI is InChI=1S/C13H11FO3S2/c14-11-4-3-9(13(15)16)8-12(11)19(17)7-5-10-2-1-6-18-10/h1-4,6,8H,5,7H2,(H,15,16). The number of rotatable bonds is 5. The number of carbonyl (C=O) groups is 1. The summed E-state index contributed by atoms with van der Waals surface area (Å²) in [5.41, 5.74) is -0.0547. The van der Waals surface area contributed by atoms with Gasteiger partial charge >= 0.3 is 5.97 Å². The molecule has 6 heteroatoms. The second kappa shape index (κ2) is 6.08. The van der Waals surface area contributed by atoms with E-state index in [0.717, 1.165) is 23.1 Å². The first-order valence-electron chi connectivity index (χ1n) is 5.51. The Balaban J connectivity index is 2.14. The average Bonchev–Trinajstić information content (AvgIpc) is 2.89. The zero-order chi connectivity index (χ0) is 13.8. The Hall–Kier alpha value is -1.53. The fourth-order valence-electron chi connectivity index (χ4n) is 1.57. The molecule has 0 aliphatic rings. The molecule has 1 unspecified atom stereocenters. The van der Waals surface area contributed by atoms with Crippen LogP contribution < -0.4 is 0 Å². The lowest BCUT2D eigenvalue weighted by Gasteiger charge is -2.04. The highest BCUT2D eigenvalue weighted by atomic mass is 32.2. The average molecular weight is 298 g/mol. The number of carboxylic acid groups (broad SMARTS) is 1. The smallest absolute Gasteiger partial charge is 0.335 e. The zero-order valence-corrected chi connectivity index (χ0v) is 11.5. The molecule has 1 aromatic carbocycles. The highest BCUT2D eigenvalue weighted by Gasteiger charge is 2.14. The van der Waals surface area contributed by atoms with Crippen LogP contribution in [0.4, 0.5) is 4.39 Å². The van der Waals surface area contributed by atoms with Gasteiger partial charge in [0.2, 0.25) is 0 Å². The van der Waals surface area contributed by atoms with Gasteiger partial charge in [-0.25, -0.2) is 9.18 Å². The van der Waals surface area contributed by atoms with E-state index < -0.39 is 22.6 Å². The Bertz CT molecular complexity index is 608. The molecule has 0 radical (unpaired) electrons. The summed E-state index contributed by atoms with van der Waals surface area (Å²) in [5.74, 6) is -1.51. The summed E-state index contributed by atoms with van der Waals surface area (Å²) < 4.78 is 25.6. The lowest BCUT2D eigenvalue weighted by molar-refractivity contribution is 0.0696. The van der Waals surface area contributed by atoms with Crippen molar-refractivity contribution in [2.24, 2.45) is 0 Å². The monoisotopic (exact) mass is 298 g/mol. The molecule has 2 rings (SSSR count). The summed E-state index contributed by atoms with van der Waals surface area (Å²) in [4.78, 5) is 11.8. The molecule has 1 atom stereocenters. The van der Waals surface area contributed by atoms with Gasteiger partial charge in [-0.2, -0.15) is 0 Å². The van der Waals surface area contributed by atoms with Crippen molar-refractivity contribution < 1.29 is 18.5 Å². The van der Waals surface area contributed by atoms with Crippen LogP contribution in [0.3, 0.4) is 0 Å². The first kappa shape index (κ1) is 13.9. The van der Waals surface area contributed by atoms with Gasteiger partial charge in [-0.3, -0.25) is 4.21 Å². The molecule has 100 valence electrons. The first-order valence-corrected chi connectivity index (χ1v) is 7.71. The maximum absolute atomic E-state index is 13.6. The molecule has 0 fully saturated rings. The van der Waals surface area contributed by atoms with Crippen molar-refractivity contribution in [3.63, 3.8) is 0 Å². The van der Waals surface area contributed by atoms with E-state index in [1.807, 2.05) is 17.5 Å². The lowest BCUT2D eigenvalue weighted by atomic mass is 10.2. The van der Waals surface area contributed by atoms with Gasteiger partial charge in [0.05, 0.1) is 21.3 Å². The van der Waals surface area contributed by atoms with Crippen LogP contribution in [0.1, 0.15) is 15.2 Å². The molecule has 1 N–H and O–H groups in total.